The number of aromatic nitrogens is 1. The molecule has 1 aromatic carbocycles. The van der Waals surface area contributed by atoms with Gasteiger partial charge in [0.05, 0.1) is 0 Å². The van der Waals surface area contributed by atoms with Crippen LogP contribution in [0.25, 0.3) is 0 Å². The summed E-state index contributed by atoms with van der Waals surface area (Å²) in [5, 5.41) is 2.80. The van der Waals surface area contributed by atoms with Gasteiger partial charge in [-0.1, -0.05) is 33.3 Å². The van der Waals surface area contributed by atoms with E-state index in [4.69, 9.17) is 0 Å². The predicted molar refractivity (Wildman–Crippen MR) is 81.1 cm³/mol. The maximum atomic E-state index is 12.1. The molecular formula is C13H13BrN2O2S. The Balaban J connectivity index is 2.28. The van der Waals surface area contributed by atoms with Crippen LogP contribution >= 0.6 is 27.3 Å². The van der Waals surface area contributed by atoms with Crippen LogP contribution in [-0.4, -0.2) is 10.5 Å². The Labute approximate surface area is 123 Å². The van der Waals surface area contributed by atoms with Gasteiger partial charge in [-0.15, -0.1) is 0 Å². The molecule has 4 nitrogen and oxygen atoms in total. The lowest BCUT2D eigenvalue weighted by Gasteiger charge is -2.06. The second-order valence-corrected chi connectivity index (χ2v) is 6.08. The fourth-order valence-corrected chi connectivity index (χ4v) is 2.84. The first-order valence-corrected chi connectivity index (χ1v) is 7.25. The number of hydrogen-bond acceptors (Lipinski definition) is 3. The van der Waals surface area contributed by atoms with Crippen molar-refractivity contribution in [1.29, 1.82) is 0 Å². The molecule has 6 heteroatoms. The fourth-order valence-electron chi connectivity index (χ4n) is 1.59. The summed E-state index contributed by atoms with van der Waals surface area (Å²) in [5.74, 6) is -0.254. The number of thiazole rings is 1. The Hall–Kier alpha value is -1.40. The Kier molecular flexibility index (Phi) is 3.91. The number of hydrogen-bond donors (Lipinski definition) is 1. The minimum absolute atomic E-state index is 0.132. The highest BCUT2D eigenvalue weighted by molar-refractivity contribution is 9.10. The molecule has 0 aliphatic rings. The van der Waals surface area contributed by atoms with Crippen LogP contribution < -0.4 is 10.2 Å². The first-order valence-electron chi connectivity index (χ1n) is 5.64. The van der Waals surface area contributed by atoms with Crippen molar-refractivity contribution in [3.05, 3.63) is 48.5 Å². The van der Waals surface area contributed by atoms with Crippen LogP contribution in [0, 0.1) is 13.8 Å². The minimum Gasteiger partial charge on any atom is -0.321 e. The average Bonchev–Trinajstić information content (AvgIpc) is 2.62. The zero-order chi connectivity index (χ0) is 14.2. The van der Waals surface area contributed by atoms with E-state index in [1.54, 1.807) is 14.0 Å². The molecule has 2 aromatic rings. The van der Waals surface area contributed by atoms with Gasteiger partial charge >= 0.3 is 4.87 Å². The van der Waals surface area contributed by atoms with Gasteiger partial charge in [0, 0.05) is 22.9 Å². The second-order valence-electron chi connectivity index (χ2n) is 4.26. The standard InChI is InChI=1S/C13H13BrN2O2S/c1-7-4-5-9(6-10(7)14)15-12(17)11-8(2)16(3)13(18)19-11/h4-6H,1-3H3,(H,15,17). The van der Waals surface area contributed by atoms with E-state index >= 15 is 0 Å². The second kappa shape index (κ2) is 5.30. The molecule has 100 valence electrons. The number of carbonyl (C=O) groups is 1. The highest BCUT2D eigenvalue weighted by atomic mass is 79.9. The van der Waals surface area contributed by atoms with Crippen LogP contribution in [-0.2, 0) is 7.05 Å². The van der Waals surface area contributed by atoms with Crippen LogP contribution in [0.15, 0.2) is 27.5 Å². The summed E-state index contributed by atoms with van der Waals surface area (Å²) in [4.78, 5) is 24.0. The molecule has 1 amide bonds. The monoisotopic (exact) mass is 340 g/mol. The molecule has 0 unspecified atom stereocenters. The lowest BCUT2D eigenvalue weighted by atomic mass is 10.2. The molecule has 2 rings (SSSR count). The Morgan fingerprint density at radius 3 is 2.58 bits per heavy atom. The molecule has 0 radical (unpaired) electrons. The fraction of sp³-hybridized carbons (Fsp3) is 0.231. The lowest BCUT2D eigenvalue weighted by molar-refractivity contribution is 0.102. The molecule has 0 saturated heterocycles. The van der Waals surface area contributed by atoms with E-state index in [0.29, 0.717) is 16.3 Å². The van der Waals surface area contributed by atoms with E-state index < -0.39 is 0 Å². The number of carbonyl (C=O) groups excluding carboxylic acids is 1. The minimum atomic E-state index is -0.254. The molecule has 0 aliphatic heterocycles. The highest BCUT2D eigenvalue weighted by Crippen LogP contribution is 2.21. The van der Waals surface area contributed by atoms with Crippen LogP contribution in [0.5, 0.6) is 0 Å². The highest BCUT2D eigenvalue weighted by Gasteiger charge is 2.16. The number of halogens is 1. The molecule has 1 aromatic heterocycles. The summed E-state index contributed by atoms with van der Waals surface area (Å²) in [5.41, 5.74) is 2.47. The van der Waals surface area contributed by atoms with Gasteiger partial charge in [-0.2, -0.15) is 0 Å². The van der Waals surface area contributed by atoms with Gasteiger partial charge in [0.15, 0.2) is 0 Å². The molecule has 0 atom stereocenters. The summed E-state index contributed by atoms with van der Waals surface area (Å²) in [6.07, 6.45) is 0. The maximum Gasteiger partial charge on any atom is 0.307 e. The maximum absolute atomic E-state index is 12.1. The molecule has 0 aliphatic carbocycles. The van der Waals surface area contributed by atoms with Gasteiger partial charge in [0.1, 0.15) is 4.88 Å². The van der Waals surface area contributed by atoms with Crippen molar-refractivity contribution in [2.24, 2.45) is 7.05 Å². The quantitative estimate of drug-likeness (QED) is 0.913. The van der Waals surface area contributed by atoms with Crippen molar-refractivity contribution in [2.45, 2.75) is 13.8 Å². The number of anilines is 1. The number of benzene rings is 1. The molecule has 0 spiro atoms. The van der Waals surface area contributed by atoms with Gasteiger partial charge in [-0.25, -0.2) is 0 Å². The zero-order valence-corrected chi connectivity index (χ0v) is 13.2. The summed E-state index contributed by atoms with van der Waals surface area (Å²) in [7, 11) is 1.66. The SMILES string of the molecule is Cc1ccc(NC(=O)c2sc(=O)n(C)c2C)cc1Br. The number of amides is 1. The van der Waals surface area contributed by atoms with Crippen LogP contribution in [0.3, 0.4) is 0 Å². The Morgan fingerprint density at radius 1 is 1.37 bits per heavy atom. The van der Waals surface area contributed by atoms with Gasteiger partial charge in [0.2, 0.25) is 0 Å². The Bertz CT molecular complexity index is 703. The molecule has 1 N–H and O–H groups in total. The summed E-state index contributed by atoms with van der Waals surface area (Å²) < 4.78 is 2.41. The van der Waals surface area contributed by atoms with E-state index in [9.17, 15) is 9.59 Å². The van der Waals surface area contributed by atoms with Crippen molar-refractivity contribution < 1.29 is 4.79 Å². The third kappa shape index (κ3) is 2.79. The molecular weight excluding hydrogens is 328 g/mol. The van der Waals surface area contributed by atoms with Gasteiger partial charge in [-0.05, 0) is 31.5 Å². The number of nitrogens with one attached hydrogen (secondary N) is 1. The normalized spacial score (nSPS) is 10.5. The smallest absolute Gasteiger partial charge is 0.307 e. The average molecular weight is 341 g/mol. The topological polar surface area (TPSA) is 51.1 Å². The third-order valence-corrected chi connectivity index (χ3v) is 4.92. The molecule has 0 bridgehead atoms. The van der Waals surface area contributed by atoms with Gasteiger partial charge < -0.3 is 9.88 Å². The van der Waals surface area contributed by atoms with Gasteiger partial charge in [-0.3, -0.25) is 9.59 Å². The number of aryl methyl sites for hydroxylation is 1. The molecule has 0 saturated carbocycles. The van der Waals surface area contributed by atoms with E-state index in [0.717, 1.165) is 21.4 Å². The van der Waals surface area contributed by atoms with Crippen molar-refractivity contribution in [2.75, 3.05) is 5.32 Å². The number of rotatable bonds is 2. The zero-order valence-electron chi connectivity index (χ0n) is 10.8. The van der Waals surface area contributed by atoms with E-state index in [2.05, 4.69) is 21.2 Å². The lowest BCUT2D eigenvalue weighted by Crippen LogP contribution is -2.13. The van der Waals surface area contributed by atoms with Gasteiger partial charge in [0.25, 0.3) is 5.91 Å². The van der Waals surface area contributed by atoms with Crippen LogP contribution in [0.2, 0.25) is 0 Å². The van der Waals surface area contributed by atoms with Crippen molar-refractivity contribution in [3.63, 3.8) is 0 Å². The van der Waals surface area contributed by atoms with Crippen LogP contribution in [0.1, 0.15) is 20.9 Å². The van der Waals surface area contributed by atoms with Crippen molar-refractivity contribution >= 4 is 38.9 Å². The predicted octanol–water partition coefficient (Wildman–Crippen LogP) is 3.08. The van der Waals surface area contributed by atoms with Crippen molar-refractivity contribution in [3.8, 4) is 0 Å². The summed E-state index contributed by atoms with van der Waals surface area (Å²) in [6, 6.07) is 5.59. The van der Waals surface area contributed by atoms with E-state index in [1.807, 2.05) is 25.1 Å². The first-order chi connectivity index (χ1) is 8.90. The van der Waals surface area contributed by atoms with Crippen LogP contribution in [0.4, 0.5) is 5.69 Å². The third-order valence-electron chi connectivity index (χ3n) is 2.93. The van der Waals surface area contributed by atoms with E-state index in [-0.39, 0.29) is 10.8 Å². The molecule has 19 heavy (non-hydrogen) atoms. The van der Waals surface area contributed by atoms with Crippen molar-refractivity contribution in [1.82, 2.24) is 4.57 Å². The van der Waals surface area contributed by atoms with E-state index in [1.165, 1.54) is 4.57 Å². The summed E-state index contributed by atoms with van der Waals surface area (Å²) >= 11 is 4.38. The Morgan fingerprint density at radius 2 is 2.05 bits per heavy atom. The largest absolute Gasteiger partial charge is 0.321 e. The number of nitrogens with zero attached hydrogens (tertiary/aromatic N) is 1. The summed E-state index contributed by atoms with van der Waals surface area (Å²) in [6.45, 7) is 3.74. The molecule has 1 heterocycles. The first kappa shape index (κ1) is 14.0. The molecule has 0 fully saturated rings.